The highest BCUT2D eigenvalue weighted by molar-refractivity contribution is 6.31. The van der Waals surface area contributed by atoms with Gasteiger partial charge in [-0.25, -0.2) is 9.97 Å². The maximum Gasteiger partial charge on any atom is 0.198 e. The van der Waals surface area contributed by atoms with Gasteiger partial charge in [-0.15, -0.1) is 0 Å². The molecule has 1 aromatic heterocycles. The van der Waals surface area contributed by atoms with E-state index in [1.807, 2.05) is 6.92 Å². The van der Waals surface area contributed by atoms with Crippen molar-refractivity contribution in [1.82, 2.24) is 9.97 Å². The summed E-state index contributed by atoms with van der Waals surface area (Å²) in [5.74, 6) is 0.893. The van der Waals surface area contributed by atoms with Crippen molar-refractivity contribution < 1.29 is 9.84 Å². The summed E-state index contributed by atoms with van der Waals surface area (Å²) in [4.78, 5) is 7.80. The molecule has 0 radical (unpaired) electrons. The topological polar surface area (TPSA) is 67.3 Å². The Bertz CT molecular complexity index is 318. The molecule has 0 saturated heterocycles. The van der Waals surface area contributed by atoms with Gasteiger partial charge in [-0.3, -0.25) is 0 Å². The van der Waals surface area contributed by atoms with Crippen LogP contribution in [0.2, 0.25) is 5.15 Å². The van der Waals surface area contributed by atoms with Crippen molar-refractivity contribution in [2.45, 2.75) is 19.4 Å². The van der Waals surface area contributed by atoms with Crippen LogP contribution >= 0.6 is 11.6 Å². The Labute approximate surface area is 93.5 Å². The third-order valence-corrected chi connectivity index (χ3v) is 2.29. The summed E-state index contributed by atoms with van der Waals surface area (Å²) >= 11 is 5.82. The quantitative estimate of drug-likeness (QED) is 0.749. The maximum absolute atomic E-state index is 9.04. The van der Waals surface area contributed by atoms with E-state index in [4.69, 9.17) is 21.4 Å². The third kappa shape index (κ3) is 2.94. The molecular formula is C9H14ClN3O2. The van der Waals surface area contributed by atoms with Crippen molar-refractivity contribution >= 4 is 17.4 Å². The summed E-state index contributed by atoms with van der Waals surface area (Å²) in [5, 5.41) is 12.3. The molecule has 1 unspecified atom stereocenters. The molecular weight excluding hydrogens is 218 g/mol. The standard InChI is InChI=1S/C9H14ClN3O2/c1-3-6(4-14)13-9-7(15-2)8(10)11-5-12-9/h5-6,14H,3-4H2,1-2H3,(H,11,12,13). The van der Waals surface area contributed by atoms with Crippen LogP contribution in [0, 0.1) is 0 Å². The second-order valence-corrected chi connectivity index (χ2v) is 3.34. The first kappa shape index (κ1) is 12.0. The van der Waals surface area contributed by atoms with Crippen molar-refractivity contribution in [3.8, 4) is 5.75 Å². The zero-order valence-electron chi connectivity index (χ0n) is 8.70. The minimum atomic E-state index is -0.0649. The van der Waals surface area contributed by atoms with Crippen molar-refractivity contribution in [2.24, 2.45) is 0 Å². The van der Waals surface area contributed by atoms with Crippen LogP contribution in [-0.4, -0.2) is 34.8 Å². The van der Waals surface area contributed by atoms with Crippen LogP contribution in [0.15, 0.2) is 6.33 Å². The van der Waals surface area contributed by atoms with E-state index in [1.54, 1.807) is 0 Å². The molecule has 0 aliphatic rings. The fourth-order valence-electron chi connectivity index (χ4n) is 1.11. The molecule has 1 atom stereocenters. The average molecular weight is 232 g/mol. The van der Waals surface area contributed by atoms with Crippen LogP contribution in [0.25, 0.3) is 0 Å². The Morgan fingerprint density at radius 2 is 2.33 bits per heavy atom. The normalized spacial score (nSPS) is 12.3. The van der Waals surface area contributed by atoms with Crippen LogP contribution in [-0.2, 0) is 0 Å². The fraction of sp³-hybridized carbons (Fsp3) is 0.556. The number of nitrogens with zero attached hydrogens (tertiary/aromatic N) is 2. The Balaban J connectivity index is 2.88. The fourth-order valence-corrected chi connectivity index (χ4v) is 1.32. The zero-order chi connectivity index (χ0) is 11.3. The summed E-state index contributed by atoms with van der Waals surface area (Å²) in [5.41, 5.74) is 0. The molecule has 0 fully saturated rings. The number of methoxy groups -OCH3 is 1. The number of nitrogens with one attached hydrogen (secondary N) is 1. The molecule has 2 N–H and O–H groups in total. The van der Waals surface area contributed by atoms with Crippen LogP contribution < -0.4 is 10.1 Å². The lowest BCUT2D eigenvalue weighted by Gasteiger charge is -2.16. The molecule has 0 amide bonds. The van der Waals surface area contributed by atoms with Gasteiger partial charge in [0.15, 0.2) is 16.7 Å². The first-order valence-electron chi connectivity index (χ1n) is 4.64. The van der Waals surface area contributed by atoms with Gasteiger partial charge in [0, 0.05) is 0 Å². The van der Waals surface area contributed by atoms with Gasteiger partial charge >= 0.3 is 0 Å². The second kappa shape index (κ2) is 5.72. The number of rotatable bonds is 5. The minimum Gasteiger partial charge on any atom is -0.490 e. The third-order valence-electron chi connectivity index (χ3n) is 2.02. The molecule has 0 aliphatic carbocycles. The number of hydrogen-bond acceptors (Lipinski definition) is 5. The number of halogens is 1. The molecule has 6 heteroatoms. The molecule has 15 heavy (non-hydrogen) atoms. The summed E-state index contributed by atoms with van der Waals surface area (Å²) in [6, 6.07) is -0.0649. The molecule has 1 heterocycles. The number of hydrogen-bond donors (Lipinski definition) is 2. The Morgan fingerprint density at radius 1 is 1.60 bits per heavy atom. The van der Waals surface area contributed by atoms with Crippen LogP contribution in [0.3, 0.4) is 0 Å². The van der Waals surface area contributed by atoms with Gasteiger partial charge in [-0.2, -0.15) is 0 Å². The minimum absolute atomic E-state index is 0.0290. The van der Waals surface area contributed by atoms with E-state index in [2.05, 4.69) is 15.3 Å². The Kier molecular flexibility index (Phi) is 4.58. The number of aliphatic hydroxyl groups excluding tert-OH is 1. The molecule has 1 rings (SSSR count). The maximum atomic E-state index is 9.04. The first-order valence-corrected chi connectivity index (χ1v) is 5.02. The predicted octanol–water partition coefficient (Wildman–Crippen LogP) is 1.32. The summed E-state index contributed by atoms with van der Waals surface area (Å²) in [6.07, 6.45) is 2.12. The Morgan fingerprint density at radius 3 is 2.87 bits per heavy atom. The molecule has 84 valence electrons. The van der Waals surface area contributed by atoms with E-state index < -0.39 is 0 Å². The molecule has 0 saturated carbocycles. The van der Waals surface area contributed by atoms with Gasteiger partial charge < -0.3 is 15.2 Å². The van der Waals surface area contributed by atoms with Crippen LogP contribution in [0.1, 0.15) is 13.3 Å². The molecule has 5 nitrogen and oxygen atoms in total. The summed E-state index contributed by atoms with van der Waals surface area (Å²) in [6.45, 7) is 1.99. The van der Waals surface area contributed by atoms with Gasteiger partial charge in [-0.05, 0) is 6.42 Å². The van der Waals surface area contributed by atoms with Gasteiger partial charge in [-0.1, -0.05) is 18.5 Å². The van der Waals surface area contributed by atoms with E-state index in [1.165, 1.54) is 13.4 Å². The highest BCUT2D eigenvalue weighted by Crippen LogP contribution is 2.28. The van der Waals surface area contributed by atoms with E-state index in [0.29, 0.717) is 11.6 Å². The lowest BCUT2D eigenvalue weighted by molar-refractivity contribution is 0.271. The molecule has 0 aliphatic heterocycles. The van der Waals surface area contributed by atoms with E-state index in [9.17, 15) is 0 Å². The SMILES string of the molecule is CCC(CO)Nc1ncnc(Cl)c1OC. The van der Waals surface area contributed by atoms with E-state index in [-0.39, 0.29) is 17.8 Å². The number of ether oxygens (including phenoxy) is 1. The van der Waals surface area contributed by atoms with E-state index >= 15 is 0 Å². The zero-order valence-corrected chi connectivity index (χ0v) is 9.45. The molecule has 0 aromatic carbocycles. The monoisotopic (exact) mass is 231 g/mol. The summed E-state index contributed by atoms with van der Waals surface area (Å²) in [7, 11) is 1.50. The Hall–Kier alpha value is -1.07. The molecule has 0 spiro atoms. The lowest BCUT2D eigenvalue weighted by Crippen LogP contribution is -2.23. The predicted molar refractivity (Wildman–Crippen MR) is 58.4 cm³/mol. The van der Waals surface area contributed by atoms with Crippen LogP contribution in [0.4, 0.5) is 5.82 Å². The molecule has 0 bridgehead atoms. The van der Waals surface area contributed by atoms with Crippen LogP contribution in [0.5, 0.6) is 5.75 Å². The molecule has 1 aromatic rings. The highest BCUT2D eigenvalue weighted by atomic mass is 35.5. The highest BCUT2D eigenvalue weighted by Gasteiger charge is 2.13. The number of aliphatic hydroxyl groups is 1. The largest absolute Gasteiger partial charge is 0.490 e. The smallest absolute Gasteiger partial charge is 0.198 e. The van der Waals surface area contributed by atoms with Crippen molar-refractivity contribution in [3.63, 3.8) is 0 Å². The van der Waals surface area contributed by atoms with Crippen molar-refractivity contribution in [3.05, 3.63) is 11.5 Å². The van der Waals surface area contributed by atoms with Crippen molar-refractivity contribution in [2.75, 3.05) is 19.0 Å². The van der Waals surface area contributed by atoms with E-state index in [0.717, 1.165) is 6.42 Å². The van der Waals surface area contributed by atoms with Gasteiger partial charge in [0.2, 0.25) is 0 Å². The van der Waals surface area contributed by atoms with Gasteiger partial charge in [0.05, 0.1) is 19.8 Å². The number of aromatic nitrogens is 2. The first-order chi connectivity index (χ1) is 7.22. The average Bonchev–Trinajstić information content (AvgIpc) is 2.26. The van der Waals surface area contributed by atoms with Crippen molar-refractivity contribution in [1.29, 1.82) is 0 Å². The lowest BCUT2D eigenvalue weighted by atomic mass is 10.2. The van der Waals surface area contributed by atoms with Gasteiger partial charge in [0.25, 0.3) is 0 Å². The number of anilines is 1. The summed E-state index contributed by atoms with van der Waals surface area (Å²) < 4.78 is 5.06. The second-order valence-electron chi connectivity index (χ2n) is 2.98. The van der Waals surface area contributed by atoms with Gasteiger partial charge in [0.1, 0.15) is 6.33 Å².